The third-order valence-electron chi connectivity index (χ3n) is 5.17. The number of hydrogen-bond donors (Lipinski definition) is 0. The maximum Gasteiger partial charge on any atom is 0.281 e. The van der Waals surface area contributed by atoms with Crippen LogP contribution in [0.3, 0.4) is 0 Å². The molecule has 1 unspecified atom stereocenters. The minimum Gasteiger partial charge on any atom is -0.497 e. The van der Waals surface area contributed by atoms with Crippen LogP contribution in [-0.2, 0) is 20.2 Å². The predicted octanol–water partition coefficient (Wildman–Crippen LogP) is 5.18. The third kappa shape index (κ3) is 5.54. The monoisotopic (exact) mass is 467 g/mol. The fourth-order valence-electron chi connectivity index (χ4n) is 3.25. The molecule has 1 amide bonds. The minimum absolute atomic E-state index is 0.0101. The van der Waals surface area contributed by atoms with Crippen molar-refractivity contribution in [2.24, 2.45) is 0 Å². The van der Waals surface area contributed by atoms with Crippen LogP contribution < -0.4 is 13.8 Å². The number of methoxy groups -OCH3 is 1. The van der Waals surface area contributed by atoms with Crippen molar-refractivity contribution in [1.82, 2.24) is 0 Å². The zero-order valence-electron chi connectivity index (χ0n) is 19.5. The second kappa shape index (κ2) is 9.67. The summed E-state index contributed by atoms with van der Waals surface area (Å²) >= 11 is 0. The Bertz CT molecular complexity index is 1180. The maximum absolute atomic E-state index is 13.5. The molecule has 7 heteroatoms. The number of rotatable bonds is 7. The molecule has 0 heterocycles. The molecular weight excluding hydrogens is 438 g/mol. The van der Waals surface area contributed by atoms with Gasteiger partial charge < -0.3 is 9.47 Å². The Morgan fingerprint density at radius 1 is 0.848 bits per heavy atom. The van der Waals surface area contributed by atoms with Gasteiger partial charge in [0.1, 0.15) is 11.5 Å². The molecule has 0 fully saturated rings. The summed E-state index contributed by atoms with van der Waals surface area (Å²) in [5.41, 5.74) is 1.30. The van der Waals surface area contributed by atoms with E-state index >= 15 is 0 Å². The van der Waals surface area contributed by atoms with Crippen molar-refractivity contribution in [3.63, 3.8) is 0 Å². The molecule has 0 bridgehead atoms. The molecular formula is C26H29NO5S. The summed E-state index contributed by atoms with van der Waals surface area (Å²) in [6.07, 6.45) is -1.05. The van der Waals surface area contributed by atoms with E-state index in [0.29, 0.717) is 11.5 Å². The molecule has 0 aliphatic carbocycles. The summed E-state index contributed by atoms with van der Waals surface area (Å²) in [6.45, 7) is 7.86. The van der Waals surface area contributed by atoms with E-state index < -0.39 is 22.0 Å². The Morgan fingerprint density at radius 3 is 1.91 bits per heavy atom. The molecule has 0 saturated heterocycles. The van der Waals surface area contributed by atoms with Gasteiger partial charge in [0.15, 0.2) is 6.10 Å². The number of nitrogens with zero attached hydrogens (tertiary/aromatic N) is 1. The van der Waals surface area contributed by atoms with Gasteiger partial charge in [-0.25, -0.2) is 8.42 Å². The van der Waals surface area contributed by atoms with Crippen molar-refractivity contribution in [2.45, 2.75) is 44.1 Å². The first-order valence-electron chi connectivity index (χ1n) is 10.6. The Kier molecular flexibility index (Phi) is 7.12. The van der Waals surface area contributed by atoms with Crippen LogP contribution in [0.25, 0.3) is 0 Å². The average Bonchev–Trinajstić information content (AvgIpc) is 2.80. The van der Waals surface area contributed by atoms with E-state index in [2.05, 4.69) is 20.8 Å². The van der Waals surface area contributed by atoms with E-state index in [4.69, 9.17) is 9.47 Å². The molecule has 0 aliphatic heterocycles. The SMILES string of the molecule is COc1ccc(N(C(=O)C(C)Oc2ccc(C(C)(C)C)cc2)S(=O)(=O)c2ccccc2)cc1. The topological polar surface area (TPSA) is 72.9 Å². The van der Waals surface area contributed by atoms with Gasteiger partial charge in [-0.15, -0.1) is 0 Å². The van der Waals surface area contributed by atoms with Crippen LogP contribution in [0.5, 0.6) is 11.5 Å². The van der Waals surface area contributed by atoms with Crippen LogP contribution in [0.15, 0.2) is 83.8 Å². The molecule has 174 valence electrons. The number of carbonyl (C=O) groups excluding carboxylic acids is 1. The summed E-state index contributed by atoms with van der Waals surface area (Å²) in [7, 11) is -2.66. The summed E-state index contributed by atoms with van der Waals surface area (Å²) < 4.78 is 38.7. The number of sulfonamides is 1. The van der Waals surface area contributed by atoms with Gasteiger partial charge in [0, 0.05) is 0 Å². The molecule has 3 rings (SSSR count). The van der Waals surface area contributed by atoms with Crippen molar-refractivity contribution in [3.05, 3.63) is 84.4 Å². The van der Waals surface area contributed by atoms with E-state index in [1.54, 1.807) is 42.5 Å². The second-order valence-electron chi connectivity index (χ2n) is 8.65. The van der Waals surface area contributed by atoms with Crippen LogP contribution in [0.1, 0.15) is 33.3 Å². The highest BCUT2D eigenvalue weighted by atomic mass is 32.2. The summed E-state index contributed by atoms with van der Waals surface area (Å²) in [6, 6.07) is 21.6. The van der Waals surface area contributed by atoms with Crippen molar-refractivity contribution in [3.8, 4) is 11.5 Å². The first-order chi connectivity index (χ1) is 15.5. The van der Waals surface area contributed by atoms with Gasteiger partial charge in [-0.1, -0.05) is 51.1 Å². The molecule has 0 aliphatic rings. The van der Waals surface area contributed by atoms with E-state index in [-0.39, 0.29) is 16.0 Å². The zero-order valence-corrected chi connectivity index (χ0v) is 20.3. The van der Waals surface area contributed by atoms with Crippen LogP contribution in [0, 0.1) is 0 Å². The Labute approximate surface area is 195 Å². The predicted molar refractivity (Wildman–Crippen MR) is 129 cm³/mol. The van der Waals surface area contributed by atoms with Gasteiger partial charge in [0.25, 0.3) is 15.9 Å². The molecule has 33 heavy (non-hydrogen) atoms. The van der Waals surface area contributed by atoms with Crippen molar-refractivity contribution in [1.29, 1.82) is 0 Å². The first-order valence-corrected chi connectivity index (χ1v) is 12.0. The number of carbonyl (C=O) groups is 1. The zero-order chi connectivity index (χ0) is 24.2. The lowest BCUT2D eigenvalue weighted by atomic mass is 9.87. The molecule has 0 saturated carbocycles. The lowest BCUT2D eigenvalue weighted by molar-refractivity contribution is -0.123. The normalized spacial score (nSPS) is 12.6. The first kappa shape index (κ1) is 24.3. The fourth-order valence-corrected chi connectivity index (χ4v) is 4.75. The third-order valence-corrected chi connectivity index (χ3v) is 6.91. The number of ether oxygens (including phenoxy) is 2. The van der Waals surface area contributed by atoms with E-state index in [0.717, 1.165) is 9.87 Å². The van der Waals surface area contributed by atoms with Gasteiger partial charge in [-0.05, 0) is 66.4 Å². The van der Waals surface area contributed by atoms with Crippen molar-refractivity contribution >= 4 is 21.6 Å². The lowest BCUT2D eigenvalue weighted by Gasteiger charge is -2.26. The molecule has 3 aromatic carbocycles. The number of benzene rings is 3. The fraction of sp³-hybridized carbons (Fsp3) is 0.269. The molecule has 0 N–H and O–H groups in total. The molecule has 0 radical (unpaired) electrons. The van der Waals surface area contributed by atoms with E-state index in [9.17, 15) is 13.2 Å². The van der Waals surface area contributed by atoms with Crippen molar-refractivity contribution in [2.75, 3.05) is 11.4 Å². The largest absolute Gasteiger partial charge is 0.497 e. The minimum atomic E-state index is -4.17. The van der Waals surface area contributed by atoms with Crippen LogP contribution in [0.2, 0.25) is 0 Å². The average molecular weight is 468 g/mol. The maximum atomic E-state index is 13.5. The smallest absolute Gasteiger partial charge is 0.281 e. The Balaban J connectivity index is 1.94. The van der Waals surface area contributed by atoms with Gasteiger partial charge in [0.2, 0.25) is 0 Å². The van der Waals surface area contributed by atoms with Gasteiger partial charge in [0.05, 0.1) is 17.7 Å². The summed E-state index contributed by atoms with van der Waals surface area (Å²) in [5, 5.41) is 0. The molecule has 0 aromatic heterocycles. The number of anilines is 1. The summed E-state index contributed by atoms with van der Waals surface area (Å²) in [5.74, 6) is 0.325. The lowest BCUT2D eigenvalue weighted by Crippen LogP contribution is -2.44. The molecule has 6 nitrogen and oxygen atoms in total. The second-order valence-corrected chi connectivity index (χ2v) is 10.4. The van der Waals surface area contributed by atoms with Crippen LogP contribution in [-0.4, -0.2) is 27.5 Å². The Morgan fingerprint density at radius 2 is 1.39 bits per heavy atom. The molecule has 3 aromatic rings. The van der Waals surface area contributed by atoms with Crippen LogP contribution >= 0.6 is 0 Å². The molecule has 0 spiro atoms. The van der Waals surface area contributed by atoms with Crippen LogP contribution in [0.4, 0.5) is 5.69 Å². The quantitative estimate of drug-likeness (QED) is 0.479. The molecule has 1 atom stereocenters. The Hall–Kier alpha value is -3.32. The number of amides is 1. The highest BCUT2D eigenvalue weighted by Crippen LogP contribution is 2.28. The number of hydrogen-bond acceptors (Lipinski definition) is 5. The summed E-state index contributed by atoms with van der Waals surface area (Å²) in [4.78, 5) is 13.4. The van der Waals surface area contributed by atoms with Crippen molar-refractivity contribution < 1.29 is 22.7 Å². The highest BCUT2D eigenvalue weighted by Gasteiger charge is 2.35. The van der Waals surface area contributed by atoms with Gasteiger partial charge >= 0.3 is 0 Å². The van der Waals surface area contributed by atoms with Gasteiger partial charge in [-0.3, -0.25) is 4.79 Å². The van der Waals surface area contributed by atoms with E-state index in [1.807, 2.05) is 12.1 Å². The van der Waals surface area contributed by atoms with E-state index in [1.165, 1.54) is 38.3 Å². The highest BCUT2D eigenvalue weighted by molar-refractivity contribution is 7.93. The standard InChI is InChI=1S/C26H29NO5S/c1-19(32-23-15-11-20(12-16-23)26(2,3)4)25(28)27(21-13-17-22(31-5)18-14-21)33(29,30)24-9-7-6-8-10-24/h6-19H,1-5H3. The van der Waals surface area contributed by atoms with Gasteiger partial charge in [-0.2, -0.15) is 4.31 Å².